The number of aromatic nitrogens is 3. The zero-order valence-corrected chi connectivity index (χ0v) is 17.5. The molecule has 0 spiro atoms. The zero-order valence-electron chi connectivity index (χ0n) is 20.5. The molecular formula is C22H26N6O3. The van der Waals surface area contributed by atoms with Gasteiger partial charge in [0.05, 0.1) is 34.3 Å². The fourth-order valence-corrected chi connectivity index (χ4v) is 3.60. The predicted molar refractivity (Wildman–Crippen MR) is 117 cm³/mol. The van der Waals surface area contributed by atoms with Crippen molar-refractivity contribution in [3.8, 4) is 0 Å². The fourth-order valence-electron chi connectivity index (χ4n) is 3.60. The van der Waals surface area contributed by atoms with Crippen molar-refractivity contribution in [2.45, 2.75) is 39.2 Å². The van der Waals surface area contributed by atoms with E-state index in [2.05, 4.69) is 20.7 Å². The quantitative estimate of drug-likeness (QED) is 0.482. The van der Waals surface area contributed by atoms with E-state index in [9.17, 15) is 14.7 Å². The average Bonchev–Trinajstić information content (AvgIpc) is 3.48. The first-order valence-electron chi connectivity index (χ1n) is 11.4. The third kappa shape index (κ3) is 4.09. The molecule has 0 bridgehead atoms. The number of hydrogen-bond acceptors (Lipinski definition) is 6. The summed E-state index contributed by atoms with van der Waals surface area (Å²) in [4.78, 5) is 29.0. The highest BCUT2D eigenvalue weighted by molar-refractivity contribution is 6.02. The molecular weight excluding hydrogens is 396 g/mol. The van der Waals surface area contributed by atoms with Crippen LogP contribution in [-0.2, 0) is 10.4 Å². The standard InChI is InChI=1S/C22H26N6O3/c1-12-15(22(2,3)31)7-8-28-19(12)17(11-25-28)26-16-9-18(27-20(29)13-5-6-13)24-10-14(16)21(30)23-4/h7-11,13,31H,5-6H2,1-4H3,(H,23,30)(H2,24,26,27,29)/i4D3. The van der Waals surface area contributed by atoms with Crippen LogP contribution in [0.3, 0.4) is 0 Å². The number of carbonyl (C=O) groups is 2. The van der Waals surface area contributed by atoms with Crippen LogP contribution in [0, 0.1) is 12.8 Å². The minimum atomic E-state index is -2.68. The Kier molecular flexibility index (Phi) is 4.26. The van der Waals surface area contributed by atoms with Crippen molar-refractivity contribution >= 4 is 34.5 Å². The molecule has 2 amide bonds. The lowest BCUT2D eigenvalue weighted by Crippen LogP contribution is -2.20. The van der Waals surface area contributed by atoms with Crippen LogP contribution in [0.5, 0.6) is 0 Å². The van der Waals surface area contributed by atoms with E-state index in [1.807, 2.05) is 12.2 Å². The van der Waals surface area contributed by atoms with Crippen molar-refractivity contribution in [3.63, 3.8) is 0 Å². The largest absolute Gasteiger partial charge is 0.386 e. The lowest BCUT2D eigenvalue weighted by Gasteiger charge is -2.21. The first kappa shape index (κ1) is 17.2. The lowest BCUT2D eigenvalue weighted by atomic mass is 9.94. The smallest absolute Gasteiger partial charge is 0.254 e. The summed E-state index contributed by atoms with van der Waals surface area (Å²) in [6, 6.07) is 3.26. The topological polar surface area (TPSA) is 121 Å². The minimum absolute atomic E-state index is 0.0174. The van der Waals surface area contributed by atoms with Gasteiger partial charge in [-0.1, -0.05) is 0 Å². The van der Waals surface area contributed by atoms with Crippen LogP contribution < -0.4 is 16.0 Å². The molecule has 1 aliphatic rings. The second-order valence-corrected chi connectivity index (χ2v) is 8.22. The van der Waals surface area contributed by atoms with Crippen molar-refractivity contribution < 1.29 is 18.8 Å². The van der Waals surface area contributed by atoms with Crippen molar-refractivity contribution in [1.29, 1.82) is 0 Å². The maximum atomic E-state index is 12.7. The number of amides is 2. The molecule has 9 nitrogen and oxygen atoms in total. The minimum Gasteiger partial charge on any atom is -0.386 e. The Bertz CT molecular complexity index is 1280. The van der Waals surface area contributed by atoms with Crippen LogP contribution in [0.4, 0.5) is 17.2 Å². The van der Waals surface area contributed by atoms with E-state index >= 15 is 0 Å². The fraction of sp³-hybridized carbons (Fsp3) is 0.364. The lowest BCUT2D eigenvalue weighted by molar-refractivity contribution is -0.117. The molecule has 0 saturated heterocycles. The first-order chi connectivity index (χ1) is 15.8. The van der Waals surface area contributed by atoms with Gasteiger partial charge < -0.3 is 21.1 Å². The van der Waals surface area contributed by atoms with Gasteiger partial charge in [-0.2, -0.15) is 5.10 Å². The van der Waals surface area contributed by atoms with Gasteiger partial charge in [-0.15, -0.1) is 0 Å². The predicted octanol–water partition coefficient (Wildman–Crippen LogP) is 2.72. The van der Waals surface area contributed by atoms with Crippen LogP contribution in [0.2, 0.25) is 0 Å². The molecule has 1 fully saturated rings. The SMILES string of the molecule is [2H]C([2H])([2H])NC(=O)c1cnc(NC(=O)C2CC2)cc1Nc1cnn2ccc(C(C)(C)O)c(C)c12. The Morgan fingerprint density at radius 1 is 1.29 bits per heavy atom. The molecule has 9 heteroatoms. The summed E-state index contributed by atoms with van der Waals surface area (Å²) < 4.78 is 23.7. The second kappa shape index (κ2) is 7.66. The number of anilines is 3. The van der Waals surface area contributed by atoms with Gasteiger partial charge in [0.1, 0.15) is 5.82 Å². The number of hydrogen-bond donors (Lipinski definition) is 4. The van der Waals surface area contributed by atoms with E-state index in [4.69, 9.17) is 4.11 Å². The Hall–Kier alpha value is -3.46. The molecule has 0 unspecified atom stereocenters. The summed E-state index contributed by atoms with van der Waals surface area (Å²) in [7, 11) is 0. The normalized spacial score (nSPS) is 15.7. The summed E-state index contributed by atoms with van der Waals surface area (Å²) in [5.41, 5.74) is 1.81. The highest BCUT2D eigenvalue weighted by atomic mass is 16.3. The van der Waals surface area contributed by atoms with Crippen LogP contribution >= 0.6 is 0 Å². The summed E-state index contributed by atoms with van der Waals surface area (Å²) in [6.07, 6.45) is 6.14. The van der Waals surface area contributed by atoms with Gasteiger partial charge in [0, 0.05) is 35.5 Å². The van der Waals surface area contributed by atoms with Crippen LogP contribution in [0.15, 0.2) is 30.7 Å². The molecule has 3 aromatic heterocycles. The van der Waals surface area contributed by atoms with Crippen molar-refractivity contribution in [2.75, 3.05) is 17.6 Å². The van der Waals surface area contributed by atoms with E-state index in [0.717, 1.165) is 18.4 Å². The van der Waals surface area contributed by atoms with Gasteiger partial charge in [-0.05, 0) is 50.8 Å². The van der Waals surface area contributed by atoms with E-state index in [1.54, 1.807) is 36.8 Å². The molecule has 0 aliphatic heterocycles. The maximum Gasteiger partial charge on any atom is 0.254 e. The third-order valence-electron chi connectivity index (χ3n) is 5.33. The molecule has 4 N–H and O–H groups in total. The Morgan fingerprint density at radius 2 is 2.06 bits per heavy atom. The molecule has 1 saturated carbocycles. The Morgan fingerprint density at radius 3 is 2.74 bits per heavy atom. The zero-order chi connectivity index (χ0) is 24.8. The van der Waals surface area contributed by atoms with E-state index in [1.165, 1.54) is 12.3 Å². The van der Waals surface area contributed by atoms with Crippen LogP contribution in [0.25, 0.3) is 5.52 Å². The van der Waals surface area contributed by atoms with Gasteiger partial charge in [0.15, 0.2) is 0 Å². The Labute approximate surface area is 184 Å². The summed E-state index contributed by atoms with van der Waals surface area (Å²) >= 11 is 0. The molecule has 3 aromatic rings. The highest BCUT2D eigenvalue weighted by Crippen LogP contribution is 2.33. The average molecular weight is 426 g/mol. The van der Waals surface area contributed by atoms with Crippen molar-refractivity contribution in [1.82, 2.24) is 19.9 Å². The molecule has 31 heavy (non-hydrogen) atoms. The van der Waals surface area contributed by atoms with E-state index < -0.39 is 18.5 Å². The number of rotatable bonds is 6. The number of aliphatic hydroxyl groups is 1. The number of fused-ring (bicyclic) bond motifs is 1. The number of pyridine rings is 2. The number of carbonyl (C=O) groups excluding carboxylic acids is 2. The third-order valence-corrected chi connectivity index (χ3v) is 5.33. The molecule has 0 aromatic carbocycles. The summed E-state index contributed by atoms with van der Waals surface area (Å²) in [5, 5.41) is 22.7. The summed E-state index contributed by atoms with van der Waals surface area (Å²) in [6.45, 7) is 2.54. The summed E-state index contributed by atoms with van der Waals surface area (Å²) in [5.74, 6) is -0.810. The van der Waals surface area contributed by atoms with Gasteiger partial charge in [-0.3, -0.25) is 9.59 Å². The highest BCUT2D eigenvalue weighted by Gasteiger charge is 2.30. The van der Waals surface area contributed by atoms with Crippen LogP contribution in [0.1, 0.15) is 52.3 Å². The van der Waals surface area contributed by atoms with Gasteiger partial charge in [0.2, 0.25) is 5.91 Å². The van der Waals surface area contributed by atoms with Crippen molar-refractivity contribution in [2.24, 2.45) is 5.92 Å². The second-order valence-electron chi connectivity index (χ2n) is 8.22. The van der Waals surface area contributed by atoms with Gasteiger partial charge >= 0.3 is 0 Å². The van der Waals surface area contributed by atoms with Gasteiger partial charge in [0.25, 0.3) is 5.91 Å². The van der Waals surface area contributed by atoms with Crippen LogP contribution in [-0.4, -0.2) is 38.5 Å². The van der Waals surface area contributed by atoms with E-state index in [-0.39, 0.29) is 28.9 Å². The maximum absolute atomic E-state index is 12.7. The van der Waals surface area contributed by atoms with E-state index in [0.29, 0.717) is 16.8 Å². The molecule has 0 atom stereocenters. The molecule has 0 radical (unpaired) electrons. The van der Waals surface area contributed by atoms with Crippen molar-refractivity contribution in [3.05, 3.63) is 47.4 Å². The van der Waals surface area contributed by atoms with Gasteiger partial charge in [-0.25, -0.2) is 9.50 Å². The molecule has 3 heterocycles. The first-order valence-corrected chi connectivity index (χ1v) is 9.94. The number of nitrogens with one attached hydrogen (secondary N) is 3. The monoisotopic (exact) mass is 425 g/mol. The molecule has 4 rings (SSSR count). The molecule has 1 aliphatic carbocycles. The molecule has 162 valence electrons. The Balaban J connectivity index is 1.76. The number of nitrogens with zero attached hydrogens (tertiary/aromatic N) is 3. The number of aryl methyl sites for hydroxylation is 1.